The summed E-state index contributed by atoms with van der Waals surface area (Å²) in [4.78, 5) is 38.0. The molecule has 2 aromatic heterocycles. The highest BCUT2D eigenvalue weighted by atomic mass is 127. The van der Waals surface area contributed by atoms with Gasteiger partial charge in [-0.15, -0.1) is 0 Å². The molecule has 10 heteroatoms. The lowest BCUT2D eigenvalue weighted by atomic mass is 10.2. The molecule has 0 saturated carbocycles. The summed E-state index contributed by atoms with van der Waals surface area (Å²) in [7, 11) is 1.78. The largest absolute Gasteiger partial charge is 0.456 e. The number of carbonyl (C=O) groups excluding carboxylic acids is 1. The van der Waals surface area contributed by atoms with Gasteiger partial charge in [-0.25, -0.2) is 14.2 Å². The van der Waals surface area contributed by atoms with Crippen molar-refractivity contribution in [3.05, 3.63) is 60.7 Å². The monoisotopic (exact) mass is 474 g/mol. The number of carbonyl (C=O) groups is 1. The van der Waals surface area contributed by atoms with E-state index < -0.39 is 35.7 Å². The minimum atomic E-state index is -0.766. The molecule has 1 aliphatic heterocycles. The third-order valence-electron chi connectivity index (χ3n) is 4.03. The van der Waals surface area contributed by atoms with Crippen LogP contribution in [0, 0.1) is 3.57 Å². The van der Waals surface area contributed by atoms with Crippen LogP contribution in [0.4, 0.5) is 0 Å². The number of aromatic amines is 1. The van der Waals surface area contributed by atoms with Crippen LogP contribution in [0.5, 0.6) is 0 Å². The minimum Gasteiger partial charge on any atom is -0.456 e. The molecular formula is C16H17IN3O6+. The fraction of sp³-hybridized carbons (Fsp3) is 0.375. The van der Waals surface area contributed by atoms with Crippen molar-refractivity contribution in [1.29, 1.82) is 0 Å². The number of rotatable bonds is 4. The van der Waals surface area contributed by atoms with Crippen LogP contribution in [-0.4, -0.2) is 39.4 Å². The van der Waals surface area contributed by atoms with E-state index in [-0.39, 0.29) is 13.0 Å². The molecule has 0 unspecified atom stereocenters. The molecule has 1 fully saturated rings. The molecule has 2 aromatic rings. The Labute approximate surface area is 161 Å². The molecule has 138 valence electrons. The summed E-state index contributed by atoms with van der Waals surface area (Å²) < 4.78 is 14.4. The molecule has 0 amide bonds. The predicted octanol–water partition coefficient (Wildman–Crippen LogP) is -0.529. The predicted molar refractivity (Wildman–Crippen MR) is 96.5 cm³/mol. The average Bonchev–Trinajstić information content (AvgIpc) is 3.00. The Bertz CT molecular complexity index is 940. The number of aliphatic hydroxyl groups is 1. The SMILES string of the molecule is C[n+]1cccc(C(=O)O[C@H]2C[C@H](n3cc(I)c(=O)[nH]c3=O)O[C@@H]2CO)c1. The van der Waals surface area contributed by atoms with Gasteiger partial charge in [-0.1, -0.05) is 0 Å². The maximum atomic E-state index is 12.3. The first-order valence-corrected chi connectivity index (χ1v) is 8.90. The van der Waals surface area contributed by atoms with Crippen LogP contribution >= 0.6 is 22.6 Å². The summed E-state index contributed by atoms with van der Waals surface area (Å²) in [5, 5.41) is 9.53. The Hall–Kier alpha value is -2.05. The summed E-state index contributed by atoms with van der Waals surface area (Å²) in [6.45, 7) is -0.369. The summed E-state index contributed by atoms with van der Waals surface area (Å²) in [5.41, 5.74) is -0.742. The first kappa shape index (κ1) is 18.7. The van der Waals surface area contributed by atoms with Crippen molar-refractivity contribution in [3.8, 4) is 0 Å². The van der Waals surface area contributed by atoms with E-state index in [1.165, 1.54) is 10.8 Å². The van der Waals surface area contributed by atoms with E-state index in [1.54, 1.807) is 36.1 Å². The lowest BCUT2D eigenvalue weighted by molar-refractivity contribution is -0.671. The lowest BCUT2D eigenvalue weighted by Crippen LogP contribution is -2.33. The molecule has 26 heavy (non-hydrogen) atoms. The number of hydrogen-bond acceptors (Lipinski definition) is 6. The van der Waals surface area contributed by atoms with E-state index in [4.69, 9.17) is 9.47 Å². The Balaban J connectivity index is 1.79. The molecule has 0 radical (unpaired) electrons. The maximum Gasteiger partial charge on any atom is 0.344 e. The summed E-state index contributed by atoms with van der Waals surface area (Å²) >= 11 is 1.81. The maximum absolute atomic E-state index is 12.3. The van der Waals surface area contributed by atoms with Crippen molar-refractivity contribution in [2.75, 3.05) is 6.61 Å². The van der Waals surface area contributed by atoms with Gasteiger partial charge in [0.15, 0.2) is 12.4 Å². The average molecular weight is 474 g/mol. The van der Waals surface area contributed by atoms with Crippen LogP contribution in [0.2, 0.25) is 0 Å². The van der Waals surface area contributed by atoms with Crippen LogP contribution in [0.25, 0.3) is 0 Å². The number of aromatic nitrogens is 3. The second kappa shape index (κ2) is 7.68. The molecule has 0 aromatic carbocycles. The van der Waals surface area contributed by atoms with Crippen molar-refractivity contribution >= 4 is 28.6 Å². The Morgan fingerprint density at radius 2 is 2.31 bits per heavy atom. The Morgan fingerprint density at radius 3 is 3.00 bits per heavy atom. The van der Waals surface area contributed by atoms with Crippen LogP contribution < -0.4 is 15.8 Å². The van der Waals surface area contributed by atoms with Crippen molar-refractivity contribution < 1.29 is 23.9 Å². The molecule has 2 N–H and O–H groups in total. The molecule has 0 spiro atoms. The van der Waals surface area contributed by atoms with E-state index in [0.29, 0.717) is 9.13 Å². The number of halogens is 1. The molecule has 0 bridgehead atoms. The molecule has 3 atom stereocenters. The van der Waals surface area contributed by atoms with Gasteiger partial charge < -0.3 is 14.6 Å². The number of aliphatic hydroxyl groups excluding tert-OH is 1. The van der Waals surface area contributed by atoms with E-state index in [0.717, 1.165) is 0 Å². The van der Waals surface area contributed by atoms with Crippen molar-refractivity contribution in [1.82, 2.24) is 9.55 Å². The molecule has 1 aliphatic rings. The first-order chi connectivity index (χ1) is 12.4. The third-order valence-corrected chi connectivity index (χ3v) is 4.80. The number of ether oxygens (including phenoxy) is 2. The number of nitrogens with one attached hydrogen (secondary N) is 1. The highest BCUT2D eigenvalue weighted by Gasteiger charge is 2.39. The zero-order valence-electron chi connectivity index (χ0n) is 13.8. The van der Waals surface area contributed by atoms with E-state index in [9.17, 15) is 19.5 Å². The number of nitrogens with zero attached hydrogens (tertiary/aromatic N) is 2. The van der Waals surface area contributed by atoms with Gasteiger partial charge in [0.2, 0.25) is 0 Å². The van der Waals surface area contributed by atoms with Gasteiger partial charge in [0.25, 0.3) is 5.56 Å². The molecule has 3 heterocycles. The molecule has 9 nitrogen and oxygen atoms in total. The van der Waals surface area contributed by atoms with Gasteiger partial charge in [0.05, 0.1) is 10.2 Å². The molecular weight excluding hydrogens is 457 g/mol. The number of aryl methyl sites for hydroxylation is 1. The standard InChI is InChI=1S/C16H16IN3O6/c1-19-4-2-3-9(6-19)15(23)26-11-5-13(25-12(11)8-21)20-7-10(17)14(22)18-16(20)24/h2-4,6-7,11-13,21H,5,8H2,1H3/p+1/t11-,12+,13+/m0/s1. The highest BCUT2D eigenvalue weighted by molar-refractivity contribution is 14.1. The van der Waals surface area contributed by atoms with Gasteiger partial charge in [0.1, 0.15) is 31.0 Å². The van der Waals surface area contributed by atoms with Crippen LogP contribution in [-0.2, 0) is 16.5 Å². The summed E-state index contributed by atoms with van der Waals surface area (Å²) in [6.07, 6.45) is 2.72. The summed E-state index contributed by atoms with van der Waals surface area (Å²) in [6, 6.07) is 3.34. The van der Waals surface area contributed by atoms with E-state index in [2.05, 4.69) is 4.98 Å². The molecule has 0 aliphatic carbocycles. The van der Waals surface area contributed by atoms with Gasteiger partial charge in [0, 0.05) is 18.7 Å². The summed E-state index contributed by atoms with van der Waals surface area (Å²) in [5.74, 6) is -0.544. The highest BCUT2D eigenvalue weighted by Crippen LogP contribution is 2.30. The third kappa shape index (κ3) is 3.86. The number of pyridine rings is 1. The number of H-pyrrole nitrogens is 1. The van der Waals surface area contributed by atoms with E-state index in [1.807, 2.05) is 22.6 Å². The van der Waals surface area contributed by atoms with Crippen LogP contribution in [0.15, 0.2) is 40.3 Å². The van der Waals surface area contributed by atoms with Crippen LogP contribution in [0.3, 0.4) is 0 Å². The lowest BCUT2D eigenvalue weighted by Gasteiger charge is -2.16. The topological polar surface area (TPSA) is 114 Å². The first-order valence-electron chi connectivity index (χ1n) is 7.82. The fourth-order valence-electron chi connectivity index (χ4n) is 2.75. The normalized spacial score (nSPS) is 22.3. The van der Waals surface area contributed by atoms with Crippen molar-refractivity contribution in [2.24, 2.45) is 7.05 Å². The van der Waals surface area contributed by atoms with Gasteiger partial charge in [-0.05, 0) is 28.7 Å². The fourth-order valence-corrected chi connectivity index (χ4v) is 3.18. The quantitative estimate of drug-likeness (QED) is 0.350. The zero-order chi connectivity index (χ0) is 18.8. The van der Waals surface area contributed by atoms with E-state index >= 15 is 0 Å². The van der Waals surface area contributed by atoms with Crippen molar-refractivity contribution in [3.63, 3.8) is 0 Å². The van der Waals surface area contributed by atoms with Gasteiger partial charge in [-0.2, -0.15) is 0 Å². The smallest absolute Gasteiger partial charge is 0.344 e. The van der Waals surface area contributed by atoms with Crippen LogP contribution in [0.1, 0.15) is 23.0 Å². The number of esters is 1. The number of hydrogen-bond donors (Lipinski definition) is 2. The van der Waals surface area contributed by atoms with Crippen molar-refractivity contribution in [2.45, 2.75) is 24.9 Å². The Morgan fingerprint density at radius 1 is 1.54 bits per heavy atom. The minimum absolute atomic E-state index is 0.179. The molecule has 3 rings (SSSR count). The second-order valence-corrected chi connectivity index (χ2v) is 7.06. The Kier molecular flexibility index (Phi) is 5.53. The zero-order valence-corrected chi connectivity index (χ0v) is 16.0. The van der Waals surface area contributed by atoms with Gasteiger partial charge in [-0.3, -0.25) is 14.3 Å². The molecule has 1 saturated heterocycles. The second-order valence-electron chi connectivity index (χ2n) is 5.89. The van der Waals surface area contributed by atoms with Gasteiger partial charge >= 0.3 is 11.7 Å².